The first-order valence-electron chi connectivity index (χ1n) is 5.05. The van der Waals surface area contributed by atoms with Crippen LogP contribution in [0.5, 0.6) is 0 Å². The van der Waals surface area contributed by atoms with E-state index in [2.05, 4.69) is 21.2 Å². The minimum absolute atomic E-state index is 0.153. The summed E-state index contributed by atoms with van der Waals surface area (Å²) in [6.45, 7) is 0.986. The molecule has 2 atom stereocenters. The second-order valence-electron chi connectivity index (χ2n) is 3.81. The van der Waals surface area contributed by atoms with Crippen LogP contribution in [0.3, 0.4) is 0 Å². The van der Waals surface area contributed by atoms with Crippen molar-refractivity contribution in [3.63, 3.8) is 0 Å². The van der Waals surface area contributed by atoms with Crippen molar-refractivity contribution in [2.75, 3.05) is 6.54 Å². The second-order valence-corrected chi connectivity index (χ2v) is 5.10. The van der Waals surface area contributed by atoms with Gasteiger partial charge in [-0.2, -0.15) is 0 Å². The van der Waals surface area contributed by atoms with Gasteiger partial charge < -0.3 is 10.4 Å². The number of benzene rings is 1. The van der Waals surface area contributed by atoms with Crippen LogP contribution < -0.4 is 5.32 Å². The number of rotatable bonds is 2. The van der Waals surface area contributed by atoms with E-state index in [4.69, 9.17) is 11.6 Å². The molecule has 0 radical (unpaired) electrons. The van der Waals surface area contributed by atoms with E-state index in [0.29, 0.717) is 5.02 Å². The Morgan fingerprint density at radius 1 is 1.53 bits per heavy atom. The van der Waals surface area contributed by atoms with E-state index >= 15 is 0 Å². The van der Waals surface area contributed by atoms with Crippen LogP contribution >= 0.6 is 27.5 Å². The molecule has 1 aromatic rings. The predicted molar refractivity (Wildman–Crippen MR) is 65.1 cm³/mol. The molecule has 0 aliphatic carbocycles. The summed E-state index contributed by atoms with van der Waals surface area (Å²) in [5, 5.41) is 14.1. The molecule has 0 bridgehead atoms. The van der Waals surface area contributed by atoms with E-state index < -0.39 is 6.10 Å². The van der Waals surface area contributed by atoms with Gasteiger partial charge in [0.25, 0.3) is 0 Å². The summed E-state index contributed by atoms with van der Waals surface area (Å²) in [6.07, 6.45) is 1.65. The van der Waals surface area contributed by atoms with E-state index in [-0.39, 0.29) is 6.04 Å². The monoisotopic (exact) mass is 289 g/mol. The van der Waals surface area contributed by atoms with E-state index in [1.54, 1.807) is 0 Å². The van der Waals surface area contributed by atoms with Crippen LogP contribution in [-0.2, 0) is 0 Å². The third-order valence-corrected chi connectivity index (χ3v) is 3.71. The Bertz CT molecular complexity index is 352. The highest BCUT2D eigenvalue weighted by Crippen LogP contribution is 2.30. The number of hydrogen-bond donors (Lipinski definition) is 2. The Kier molecular flexibility index (Phi) is 3.67. The van der Waals surface area contributed by atoms with Crippen molar-refractivity contribution in [1.29, 1.82) is 0 Å². The van der Waals surface area contributed by atoms with Crippen molar-refractivity contribution in [3.8, 4) is 0 Å². The van der Waals surface area contributed by atoms with Gasteiger partial charge in [0, 0.05) is 15.5 Å². The molecule has 15 heavy (non-hydrogen) atoms. The van der Waals surface area contributed by atoms with Gasteiger partial charge in [0.2, 0.25) is 0 Å². The smallest absolute Gasteiger partial charge is 0.0954 e. The fourth-order valence-corrected chi connectivity index (χ4v) is 2.60. The van der Waals surface area contributed by atoms with Crippen LogP contribution in [0, 0.1) is 0 Å². The lowest BCUT2D eigenvalue weighted by Crippen LogP contribution is -2.28. The van der Waals surface area contributed by atoms with Crippen molar-refractivity contribution in [2.45, 2.75) is 25.0 Å². The van der Waals surface area contributed by atoms with Crippen LogP contribution in [0.2, 0.25) is 5.02 Å². The third-order valence-electron chi connectivity index (χ3n) is 2.76. The largest absolute Gasteiger partial charge is 0.387 e. The summed E-state index contributed by atoms with van der Waals surface area (Å²) in [5.74, 6) is 0. The van der Waals surface area contributed by atoms with E-state index in [9.17, 15) is 5.11 Å². The molecule has 1 fully saturated rings. The SMILES string of the molecule is OC(c1cc(Cl)ccc1Br)C1CCCN1. The van der Waals surface area contributed by atoms with Crippen molar-refractivity contribution in [1.82, 2.24) is 5.32 Å². The number of aliphatic hydroxyl groups is 1. The Balaban J connectivity index is 2.23. The zero-order valence-corrected chi connectivity index (χ0v) is 10.6. The van der Waals surface area contributed by atoms with Gasteiger partial charge in [-0.15, -0.1) is 0 Å². The fraction of sp³-hybridized carbons (Fsp3) is 0.455. The molecule has 0 aromatic heterocycles. The van der Waals surface area contributed by atoms with E-state index in [1.165, 1.54) is 0 Å². The van der Waals surface area contributed by atoms with Gasteiger partial charge in [-0.3, -0.25) is 0 Å². The molecule has 0 spiro atoms. The first kappa shape index (κ1) is 11.4. The Morgan fingerprint density at radius 2 is 2.33 bits per heavy atom. The topological polar surface area (TPSA) is 32.3 Å². The first-order valence-corrected chi connectivity index (χ1v) is 6.22. The van der Waals surface area contributed by atoms with E-state index in [0.717, 1.165) is 29.4 Å². The normalized spacial score (nSPS) is 23.0. The van der Waals surface area contributed by atoms with Crippen molar-refractivity contribution >= 4 is 27.5 Å². The Hall–Kier alpha value is -0.0900. The van der Waals surface area contributed by atoms with Gasteiger partial charge >= 0.3 is 0 Å². The average Bonchev–Trinajstić information content (AvgIpc) is 2.74. The van der Waals surface area contributed by atoms with Crippen LogP contribution in [0.4, 0.5) is 0 Å². The van der Waals surface area contributed by atoms with Gasteiger partial charge in [-0.25, -0.2) is 0 Å². The molecule has 82 valence electrons. The maximum atomic E-state index is 10.2. The van der Waals surface area contributed by atoms with Crippen LogP contribution in [0.15, 0.2) is 22.7 Å². The summed E-state index contributed by atoms with van der Waals surface area (Å²) in [6, 6.07) is 5.65. The molecular weight excluding hydrogens is 277 g/mol. The van der Waals surface area contributed by atoms with Crippen molar-refractivity contribution < 1.29 is 5.11 Å². The molecular formula is C11H13BrClNO. The highest BCUT2D eigenvalue weighted by Gasteiger charge is 2.25. The second kappa shape index (κ2) is 4.83. The summed E-state index contributed by atoms with van der Waals surface area (Å²) < 4.78 is 0.910. The molecule has 1 aliphatic heterocycles. The van der Waals surface area contributed by atoms with Gasteiger partial charge in [0.05, 0.1) is 6.10 Å². The van der Waals surface area contributed by atoms with Crippen molar-refractivity contribution in [2.24, 2.45) is 0 Å². The molecule has 1 aliphatic rings. The number of aliphatic hydroxyl groups excluding tert-OH is 1. The molecule has 2 N–H and O–H groups in total. The molecule has 1 heterocycles. The standard InChI is InChI=1S/C11H13BrClNO/c12-9-4-3-7(13)6-8(9)11(15)10-2-1-5-14-10/h3-4,6,10-11,14-15H,1-2,5H2. The molecule has 2 nitrogen and oxygen atoms in total. The highest BCUT2D eigenvalue weighted by molar-refractivity contribution is 9.10. The van der Waals surface area contributed by atoms with Crippen LogP contribution in [0.25, 0.3) is 0 Å². The zero-order valence-electron chi connectivity index (χ0n) is 8.21. The number of hydrogen-bond acceptors (Lipinski definition) is 2. The molecule has 2 rings (SSSR count). The average molecular weight is 291 g/mol. The van der Waals surface area contributed by atoms with Crippen molar-refractivity contribution in [3.05, 3.63) is 33.3 Å². The first-order chi connectivity index (χ1) is 7.18. The summed E-state index contributed by atoms with van der Waals surface area (Å²) in [5.41, 5.74) is 0.863. The minimum atomic E-state index is -0.486. The fourth-order valence-electron chi connectivity index (χ4n) is 1.94. The lowest BCUT2D eigenvalue weighted by Gasteiger charge is -2.20. The number of nitrogens with one attached hydrogen (secondary N) is 1. The quantitative estimate of drug-likeness (QED) is 0.878. The Labute approximate surface area is 103 Å². The summed E-state index contributed by atoms with van der Waals surface area (Å²) >= 11 is 9.35. The predicted octanol–water partition coefficient (Wildman–Crippen LogP) is 2.89. The van der Waals surface area contributed by atoms with Gasteiger partial charge in [0.15, 0.2) is 0 Å². The molecule has 4 heteroatoms. The summed E-state index contributed by atoms with van der Waals surface area (Å²) in [4.78, 5) is 0. The highest BCUT2D eigenvalue weighted by atomic mass is 79.9. The minimum Gasteiger partial charge on any atom is -0.387 e. The molecule has 1 aromatic carbocycles. The molecule has 0 amide bonds. The van der Waals surface area contributed by atoms with Gasteiger partial charge in [0.1, 0.15) is 0 Å². The summed E-state index contributed by atoms with van der Waals surface area (Å²) in [7, 11) is 0. The lowest BCUT2D eigenvalue weighted by atomic mass is 10.0. The van der Waals surface area contributed by atoms with Gasteiger partial charge in [-0.05, 0) is 43.1 Å². The molecule has 0 saturated carbocycles. The maximum absolute atomic E-state index is 10.2. The van der Waals surface area contributed by atoms with Crippen LogP contribution in [-0.4, -0.2) is 17.7 Å². The van der Waals surface area contributed by atoms with Gasteiger partial charge in [-0.1, -0.05) is 27.5 Å². The Morgan fingerprint density at radius 3 is 3.00 bits per heavy atom. The number of halogens is 2. The lowest BCUT2D eigenvalue weighted by molar-refractivity contribution is 0.137. The van der Waals surface area contributed by atoms with Crippen LogP contribution in [0.1, 0.15) is 24.5 Å². The maximum Gasteiger partial charge on any atom is 0.0954 e. The molecule has 1 saturated heterocycles. The van der Waals surface area contributed by atoms with E-state index in [1.807, 2.05) is 18.2 Å². The zero-order chi connectivity index (χ0) is 10.8. The third kappa shape index (κ3) is 2.53. The molecule has 2 unspecified atom stereocenters.